The van der Waals surface area contributed by atoms with Crippen LogP contribution < -0.4 is 5.32 Å². The van der Waals surface area contributed by atoms with E-state index in [0.717, 1.165) is 24.5 Å². The van der Waals surface area contributed by atoms with Crippen LogP contribution in [0, 0.1) is 0 Å². The fourth-order valence-electron chi connectivity index (χ4n) is 2.06. The Balaban J connectivity index is 1.70. The van der Waals surface area contributed by atoms with E-state index in [1.54, 1.807) is 11.3 Å². The molecule has 0 spiro atoms. The standard InChI is InChI=1S/C15H22N4O2S/c1-3-19(4-2)10-9-16-13(20)7-8-14-17-15(18-21-14)12-6-5-11-22-12/h5-6,11H,3-4,7-10H2,1-2H3,(H,16,20). The van der Waals surface area contributed by atoms with Crippen LogP contribution >= 0.6 is 11.3 Å². The third-order valence-electron chi connectivity index (χ3n) is 3.42. The highest BCUT2D eigenvalue weighted by atomic mass is 32.1. The smallest absolute Gasteiger partial charge is 0.227 e. The van der Waals surface area contributed by atoms with Crippen molar-refractivity contribution in [3.8, 4) is 10.7 Å². The molecular formula is C15H22N4O2S. The highest BCUT2D eigenvalue weighted by molar-refractivity contribution is 7.13. The van der Waals surface area contributed by atoms with Crippen molar-refractivity contribution in [2.24, 2.45) is 0 Å². The third kappa shape index (κ3) is 4.92. The largest absolute Gasteiger partial charge is 0.355 e. The van der Waals surface area contributed by atoms with E-state index in [0.29, 0.717) is 31.1 Å². The molecule has 0 saturated heterocycles. The molecule has 22 heavy (non-hydrogen) atoms. The quantitative estimate of drug-likeness (QED) is 0.766. The Morgan fingerprint density at radius 1 is 1.41 bits per heavy atom. The Bertz CT molecular complexity index is 564. The van der Waals surface area contributed by atoms with Crippen LogP contribution in [0.15, 0.2) is 22.0 Å². The van der Waals surface area contributed by atoms with E-state index < -0.39 is 0 Å². The van der Waals surface area contributed by atoms with Gasteiger partial charge in [0, 0.05) is 25.9 Å². The molecule has 2 aromatic heterocycles. The number of hydrogen-bond donors (Lipinski definition) is 1. The molecular weight excluding hydrogens is 300 g/mol. The number of nitrogens with one attached hydrogen (secondary N) is 1. The summed E-state index contributed by atoms with van der Waals surface area (Å²) in [4.78, 5) is 19.3. The van der Waals surface area contributed by atoms with E-state index in [2.05, 4.69) is 34.2 Å². The molecule has 2 rings (SSSR count). The van der Waals surface area contributed by atoms with Crippen LogP contribution in [0.3, 0.4) is 0 Å². The first-order valence-corrected chi connectivity index (χ1v) is 8.46. The third-order valence-corrected chi connectivity index (χ3v) is 4.29. The molecule has 0 atom stereocenters. The zero-order valence-corrected chi connectivity index (χ0v) is 13.9. The topological polar surface area (TPSA) is 71.3 Å². The summed E-state index contributed by atoms with van der Waals surface area (Å²) in [6, 6.07) is 3.89. The maximum Gasteiger partial charge on any atom is 0.227 e. The molecule has 7 heteroatoms. The fourth-order valence-corrected chi connectivity index (χ4v) is 2.71. The van der Waals surface area contributed by atoms with Gasteiger partial charge in [-0.25, -0.2) is 0 Å². The van der Waals surface area contributed by atoms with Gasteiger partial charge in [0.1, 0.15) is 0 Å². The number of amides is 1. The molecule has 1 amide bonds. The molecule has 0 unspecified atom stereocenters. The van der Waals surface area contributed by atoms with Crippen molar-refractivity contribution >= 4 is 17.2 Å². The second-order valence-corrected chi connectivity index (χ2v) is 5.81. The number of likely N-dealkylation sites (N-methyl/N-ethyl adjacent to an activating group) is 1. The van der Waals surface area contributed by atoms with Gasteiger partial charge in [-0.2, -0.15) is 4.98 Å². The maximum atomic E-state index is 11.8. The van der Waals surface area contributed by atoms with Crippen LogP contribution in [-0.4, -0.2) is 47.1 Å². The van der Waals surface area contributed by atoms with Gasteiger partial charge in [-0.15, -0.1) is 11.3 Å². The van der Waals surface area contributed by atoms with Crippen LogP contribution in [0.25, 0.3) is 10.7 Å². The lowest BCUT2D eigenvalue weighted by Gasteiger charge is -2.17. The molecule has 6 nitrogen and oxygen atoms in total. The van der Waals surface area contributed by atoms with Gasteiger partial charge in [-0.3, -0.25) is 4.79 Å². The van der Waals surface area contributed by atoms with Gasteiger partial charge in [-0.05, 0) is 24.5 Å². The van der Waals surface area contributed by atoms with Crippen molar-refractivity contribution in [2.45, 2.75) is 26.7 Å². The van der Waals surface area contributed by atoms with Crippen LogP contribution in [-0.2, 0) is 11.2 Å². The summed E-state index contributed by atoms with van der Waals surface area (Å²) in [6.07, 6.45) is 0.833. The zero-order chi connectivity index (χ0) is 15.8. The number of rotatable bonds is 9. The number of aromatic nitrogens is 2. The number of aryl methyl sites for hydroxylation is 1. The van der Waals surface area contributed by atoms with Gasteiger partial charge in [0.2, 0.25) is 17.6 Å². The molecule has 0 fully saturated rings. The number of carbonyl (C=O) groups excluding carboxylic acids is 1. The summed E-state index contributed by atoms with van der Waals surface area (Å²) in [5.74, 6) is 1.11. The summed E-state index contributed by atoms with van der Waals surface area (Å²) in [5, 5.41) is 8.81. The van der Waals surface area contributed by atoms with Crippen molar-refractivity contribution < 1.29 is 9.32 Å². The Morgan fingerprint density at radius 2 is 2.23 bits per heavy atom. The Hall–Kier alpha value is -1.73. The second kappa shape index (κ2) is 8.65. The summed E-state index contributed by atoms with van der Waals surface area (Å²) < 4.78 is 5.17. The second-order valence-electron chi connectivity index (χ2n) is 4.87. The number of hydrogen-bond acceptors (Lipinski definition) is 6. The first-order valence-electron chi connectivity index (χ1n) is 7.58. The molecule has 120 valence electrons. The lowest BCUT2D eigenvalue weighted by Crippen LogP contribution is -2.34. The SMILES string of the molecule is CCN(CC)CCNC(=O)CCc1nc(-c2cccs2)no1. The predicted molar refractivity (Wildman–Crippen MR) is 86.7 cm³/mol. The van der Waals surface area contributed by atoms with Crippen LogP contribution in [0.5, 0.6) is 0 Å². The molecule has 2 heterocycles. The van der Waals surface area contributed by atoms with Crippen LogP contribution in [0.1, 0.15) is 26.2 Å². The average Bonchev–Trinajstić information content (AvgIpc) is 3.20. The highest BCUT2D eigenvalue weighted by Gasteiger charge is 2.11. The predicted octanol–water partition coefficient (Wildman–Crippen LogP) is 2.19. The van der Waals surface area contributed by atoms with E-state index in [1.807, 2.05) is 17.5 Å². The number of carbonyl (C=O) groups is 1. The molecule has 0 aromatic carbocycles. The Morgan fingerprint density at radius 3 is 2.91 bits per heavy atom. The normalized spacial score (nSPS) is 11.0. The van der Waals surface area contributed by atoms with E-state index in [9.17, 15) is 4.79 Å². The molecule has 2 aromatic rings. The highest BCUT2D eigenvalue weighted by Crippen LogP contribution is 2.21. The van der Waals surface area contributed by atoms with Crippen molar-refractivity contribution in [1.29, 1.82) is 0 Å². The summed E-state index contributed by atoms with van der Waals surface area (Å²) in [7, 11) is 0. The lowest BCUT2D eigenvalue weighted by atomic mass is 10.3. The van der Waals surface area contributed by atoms with Crippen LogP contribution in [0.4, 0.5) is 0 Å². The Labute approximate surface area is 134 Å². The van der Waals surface area contributed by atoms with Gasteiger partial charge in [0.25, 0.3) is 0 Å². The van der Waals surface area contributed by atoms with E-state index in [4.69, 9.17) is 4.52 Å². The van der Waals surface area contributed by atoms with Crippen LogP contribution in [0.2, 0.25) is 0 Å². The molecule has 0 saturated carbocycles. The van der Waals surface area contributed by atoms with Crippen molar-refractivity contribution in [1.82, 2.24) is 20.4 Å². The van der Waals surface area contributed by atoms with Gasteiger partial charge < -0.3 is 14.7 Å². The molecule has 0 aliphatic rings. The monoisotopic (exact) mass is 322 g/mol. The molecule has 0 aliphatic heterocycles. The first-order chi connectivity index (χ1) is 10.7. The summed E-state index contributed by atoms with van der Waals surface area (Å²) >= 11 is 1.56. The average molecular weight is 322 g/mol. The van der Waals surface area contributed by atoms with E-state index >= 15 is 0 Å². The Kier molecular flexibility index (Phi) is 6.54. The van der Waals surface area contributed by atoms with E-state index in [-0.39, 0.29) is 5.91 Å². The number of nitrogens with zero attached hydrogens (tertiary/aromatic N) is 3. The molecule has 0 bridgehead atoms. The van der Waals surface area contributed by atoms with Gasteiger partial charge in [0.05, 0.1) is 4.88 Å². The minimum Gasteiger partial charge on any atom is -0.355 e. The number of thiophene rings is 1. The van der Waals surface area contributed by atoms with Crippen molar-refractivity contribution in [3.05, 3.63) is 23.4 Å². The minimum absolute atomic E-state index is 0.0167. The maximum absolute atomic E-state index is 11.8. The van der Waals surface area contributed by atoms with Crippen molar-refractivity contribution in [2.75, 3.05) is 26.2 Å². The van der Waals surface area contributed by atoms with Gasteiger partial charge in [0.15, 0.2) is 0 Å². The van der Waals surface area contributed by atoms with Gasteiger partial charge in [-0.1, -0.05) is 25.1 Å². The van der Waals surface area contributed by atoms with Crippen molar-refractivity contribution in [3.63, 3.8) is 0 Å². The minimum atomic E-state index is 0.0167. The lowest BCUT2D eigenvalue weighted by molar-refractivity contribution is -0.121. The molecule has 0 radical (unpaired) electrons. The fraction of sp³-hybridized carbons (Fsp3) is 0.533. The summed E-state index contributed by atoms with van der Waals surface area (Å²) in [6.45, 7) is 7.78. The van der Waals surface area contributed by atoms with E-state index in [1.165, 1.54) is 0 Å². The zero-order valence-electron chi connectivity index (χ0n) is 13.0. The molecule has 1 N–H and O–H groups in total. The molecule has 0 aliphatic carbocycles. The van der Waals surface area contributed by atoms with Gasteiger partial charge >= 0.3 is 0 Å². The summed E-state index contributed by atoms with van der Waals surface area (Å²) in [5.41, 5.74) is 0. The first kappa shape index (κ1) is 16.6.